The normalized spacial score (nSPS) is 11.2. The van der Waals surface area contributed by atoms with Gasteiger partial charge in [-0.05, 0) is 99.0 Å². The molecule has 0 fully saturated rings. The Morgan fingerprint density at radius 2 is 1.69 bits per heavy atom. The van der Waals surface area contributed by atoms with Gasteiger partial charge in [0, 0.05) is 23.3 Å². The van der Waals surface area contributed by atoms with E-state index >= 15 is 0 Å². The summed E-state index contributed by atoms with van der Waals surface area (Å²) >= 11 is 5.76. The van der Waals surface area contributed by atoms with Crippen molar-refractivity contribution in [3.8, 4) is 0 Å². The Hall–Kier alpha value is -2.70. The summed E-state index contributed by atoms with van der Waals surface area (Å²) in [5.41, 5.74) is 4.88. The van der Waals surface area contributed by atoms with Crippen LogP contribution in [0.5, 0.6) is 0 Å². The molecule has 32 heavy (non-hydrogen) atoms. The minimum Gasteiger partial charge on any atom is -0.344 e. The standard InChI is InChI=1S/C26H34N4OS/c1-5-29(6-2)13-10-14-30(26(32)27-23-11-8-7-9-12-23)18-22-17-21-15-19(3)20(4)16-24(21)28-25(22)31/h7-9,11-12,15-17H,5-6,10,13-14,18H2,1-4H3,(H,27,32)(H,28,31). The van der Waals surface area contributed by atoms with Gasteiger partial charge in [0.15, 0.2) is 5.11 Å². The van der Waals surface area contributed by atoms with Gasteiger partial charge in [0.2, 0.25) is 0 Å². The maximum Gasteiger partial charge on any atom is 0.253 e. The van der Waals surface area contributed by atoms with Gasteiger partial charge in [-0.1, -0.05) is 32.0 Å². The number of thiocarbonyl (C=S) groups is 1. The zero-order valence-electron chi connectivity index (χ0n) is 19.6. The predicted octanol–water partition coefficient (Wildman–Crippen LogP) is 5.08. The molecule has 2 N–H and O–H groups in total. The predicted molar refractivity (Wildman–Crippen MR) is 140 cm³/mol. The van der Waals surface area contributed by atoms with Crippen molar-refractivity contribution in [3.63, 3.8) is 0 Å². The fourth-order valence-electron chi connectivity index (χ4n) is 3.85. The van der Waals surface area contributed by atoms with Crippen molar-refractivity contribution < 1.29 is 0 Å². The van der Waals surface area contributed by atoms with Gasteiger partial charge < -0.3 is 20.1 Å². The highest BCUT2D eigenvalue weighted by Gasteiger charge is 2.14. The van der Waals surface area contributed by atoms with E-state index in [1.165, 1.54) is 11.1 Å². The zero-order chi connectivity index (χ0) is 23.1. The second-order valence-corrected chi connectivity index (χ2v) is 8.63. The van der Waals surface area contributed by atoms with Gasteiger partial charge in [0.25, 0.3) is 5.56 Å². The van der Waals surface area contributed by atoms with E-state index in [0.717, 1.165) is 54.8 Å². The van der Waals surface area contributed by atoms with Crippen LogP contribution in [0.3, 0.4) is 0 Å². The average Bonchev–Trinajstić information content (AvgIpc) is 2.78. The molecule has 0 amide bonds. The Morgan fingerprint density at radius 1 is 1.00 bits per heavy atom. The average molecular weight is 451 g/mol. The SMILES string of the molecule is CCN(CC)CCCN(Cc1cc2cc(C)c(C)cc2[nH]c1=O)C(=S)Nc1ccccc1. The minimum absolute atomic E-state index is 0.0583. The number of aryl methyl sites for hydroxylation is 2. The van der Waals surface area contributed by atoms with Crippen LogP contribution < -0.4 is 10.9 Å². The molecule has 0 aliphatic rings. The lowest BCUT2D eigenvalue weighted by molar-refractivity contribution is 0.281. The van der Waals surface area contributed by atoms with Crippen molar-refractivity contribution in [1.82, 2.24) is 14.8 Å². The van der Waals surface area contributed by atoms with Crippen LogP contribution in [0.1, 0.15) is 37.0 Å². The van der Waals surface area contributed by atoms with Gasteiger partial charge in [-0.25, -0.2) is 0 Å². The maximum atomic E-state index is 12.9. The molecule has 3 aromatic rings. The van der Waals surface area contributed by atoms with E-state index in [2.05, 4.69) is 53.9 Å². The van der Waals surface area contributed by atoms with Crippen molar-refractivity contribution >= 4 is 33.9 Å². The van der Waals surface area contributed by atoms with E-state index in [0.29, 0.717) is 11.7 Å². The van der Waals surface area contributed by atoms with E-state index < -0.39 is 0 Å². The second-order valence-electron chi connectivity index (χ2n) is 8.25. The molecule has 170 valence electrons. The molecule has 6 heteroatoms. The molecule has 0 aliphatic carbocycles. The number of nitrogens with zero attached hydrogens (tertiary/aromatic N) is 2. The lowest BCUT2D eigenvalue weighted by atomic mass is 10.0. The van der Waals surface area contributed by atoms with Crippen LogP contribution in [-0.2, 0) is 6.54 Å². The van der Waals surface area contributed by atoms with Crippen LogP contribution in [-0.4, -0.2) is 46.1 Å². The van der Waals surface area contributed by atoms with Gasteiger partial charge >= 0.3 is 0 Å². The van der Waals surface area contributed by atoms with Gasteiger partial charge in [-0.2, -0.15) is 0 Å². The molecule has 0 aliphatic heterocycles. The molecule has 0 saturated carbocycles. The molecule has 0 unspecified atom stereocenters. The molecule has 0 spiro atoms. The van der Waals surface area contributed by atoms with Gasteiger partial charge in [0.1, 0.15) is 0 Å². The van der Waals surface area contributed by atoms with E-state index in [1.807, 2.05) is 42.5 Å². The van der Waals surface area contributed by atoms with Gasteiger partial charge in [-0.3, -0.25) is 4.79 Å². The summed E-state index contributed by atoms with van der Waals surface area (Å²) < 4.78 is 0. The van der Waals surface area contributed by atoms with Crippen LogP contribution >= 0.6 is 12.2 Å². The molecule has 3 rings (SSSR count). The monoisotopic (exact) mass is 450 g/mol. The Labute approximate surface area is 196 Å². The Kier molecular flexibility index (Phi) is 8.42. The zero-order valence-corrected chi connectivity index (χ0v) is 20.4. The first-order valence-corrected chi connectivity index (χ1v) is 11.8. The Morgan fingerprint density at radius 3 is 2.38 bits per heavy atom. The summed E-state index contributed by atoms with van der Waals surface area (Å²) in [6, 6.07) is 16.1. The van der Waals surface area contributed by atoms with Crippen molar-refractivity contribution in [3.05, 3.63) is 75.6 Å². The number of para-hydroxylation sites is 1. The number of pyridine rings is 1. The molecule has 1 aromatic heterocycles. The number of benzene rings is 2. The maximum absolute atomic E-state index is 12.9. The molecular weight excluding hydrogens is 416 g/mol. The summed E-state index contributed by atoms with van der Waals surface area (Å²) in [5, 5.41) is 5.02. The summed E-state index contributed by atoms with van der Waals surface area (Å²) in [6.07, 6.45) is 0.974. The van der Waals surface area contributed by atoms with Crippen LogP contribution in [0.15, 0.2) is 53.3 Å². The first-order valence-electron chi connectivity index (χ1n) is 11.4. The lowest BCUT2D eigenvalue weighted by Gasteiger charge is -2.27. The Bertz CT molecular complexity index is 1110. The number of H-pyrrole nitrogens is 1. The topological polar surface area (TPSA) is 51.4 Å². The highest BCUT2D eigenvalue weighted by atomic mass is 32.1. The number of anilines is 1. The summed E-state index contributed by atoms with van der Waals surface area (Å²) in [7, 11) is 0. The fourth-order valence-corrected chi connectivity index (χ4v) is 4.12. The van der Waals surface area contributed by atoms with Crippen molar-refractivity contribution in [2.45, 2.75) is 40.7 Å². The van der Waals surface area contributed by atoms with Crippen molar-refractivity contribution in [2.75, 3.05) is 31.5 Å². The highest BCUT2D eigenvalue weighted by molar-refractivity contribution is 7.80. The molecule has 2 aromatic carbocycles. The van der Waals surface area contributed by atoms with E-state index in [4.69, 9.17) is 12.2 Å². The largest absolute Gasteiger partial charge is 0.344 e. The second kappa shape index (κ2) is 11.2. The third-order valence-electron chi connectivity index (χ3n) is 6.01. The van der Waals surface area contributed by atoms with E-state index in [1.54, 1.807) is 0 Å². The van der Waals surface area contributed by atoms with Crippen LogP contribution in [0.25, 0.3) is 10.9 Å². The number of fused-ring (bicyclic) bond motifs is 1. The summed E-state index contributed by atoms with van der Waals surface area (Å²) in [5.74, 6) is 0. The lowest BCUT2D eigenvalue weighted by Crippen LogP contribution is -2.38. The number of hydrogen-bond acceptors (Lipinski definition) is 3. The third-order valence-corrected chi connectivity index (χ3v) is 6.37. The third kappa shape index (κ3) is 6.17. The summed E-state index contributed by atoms with van der Waals surface area (Å²) in [4.78, 5) is 20.4. The van der Waals surface area contributed by atoms with E-state index in [-0.39, 0.29) is 5.56 Å². The Balaban J connectivity index is 1.83. The van der Waals surface area contributed by atoms with Crippen molar-refractivity contribution in [1.29, 1.82) is 0 Å². The van der Waals surface area contributed by atoms with Crippen LogP contribution in [0.4, 0.5) is 5.69 Å². The number of aromatic amines is 1. The molecule has 0 bridgehead atoms. The first-order chi connectivity index (χ1) is 15.4. The molecular formula is C26H34N4OS. The van der Waals surface area contributed by atoms with Gasteiger partial charge in [0.05, 0.1) is 6.54 Å². The fraction of sp³-hybridized carbons (Fsp3) is 0.385. The number of aromatic nitrogens is 1. The van der Waals surface area contributed by atoms with Crippen LogP contribution in [0, 0.1) is 13.8 Å². The number of rotatable bonds is 9. The smallest absolute Gasteiger partial charge is 0.253 e. The number of hydrogen-bond donors (Lipinski definition) is 2. The molecule has 0 radical (unpaired) electrons. The molecule has 0 saturated heterocycles. The van der Waals surface area contributed by atoms with E-state index in [9.17, 15) is 4.79 Å². The molecule has 5 nitrogen and oxygen atoms in total. The first kappa shape index (κ1) is 24.0. The quantitative estimate of drug-likeness (QED) is 0.446. The number of nitrogens with one attached hydrogen (secondary N) is 2. The van der Waals surface area contributed by atoms with Gasteiger partial charge in [-0.15, -0.1) is 0 Å². The summed E-state index contributed by atoms with van der Waals surface area (Å²) in [6.45, 7) is 12.8. The highest BCUT2D eigenvalue weighted by Crippen LogP contribution is 2.18. The molecule has 0 atom stereocenters. The minimum atomic E-state index is -0.0583. The van der Waals surface area contributed by atoms with Crippen LogP contribution in [0.2, 0.25) is 0 Å². The van der Waals surface area contributed by atoms with Crippen molar-refractivity contribution in [2.24, 2.45) is 0 Å². The molecule has 1 heterocycles.